The smallest absolute Gasteiger partial charge is 0.294 e. The van der Waals surface area contributed by atoms with Gasteiger partial charge in [-0.15, -0.1) is 0 Å². The maximum Gasteiger partial charge on any atom is 0.294 e. The van der Waals surface area contributed by atoms with Gasteiger partial charge in [0, 0.05) is 11.1 Å². The fraction of sp³-hybridized carbons (Fsp3) is 0.0400. The van der Waals surface area contributed by atoms with Gasteiger partial charge in [0.15, 0.2) is 0 Å². The predicted octanol–water partition coefficient (Wildman–Crippen LogP) is 4.44. The zero-order chi connectivity index (χ0) is 22.7. The third kappa shape index (κ3) is 2.84. The molecule has 0 fully saturated rings. The quantitative estimate of drug-likeness (QED) is 0.282. The highest BCUT2D eigenvalue weighted by Gasteiger charge is 2.44. The molecule has 4 aromatic carbocycles. The van der Waals surface area contributed by atoms with Crippen LogP contribution in [0.4, 0.5) is 17.1 Å². The van der Waals surface area contributed by atoms with Gasteiger partial charge in [-0.1, -0.05) is 42.5 Å². The predicted molar refractivity (Wildman–Crippen MR) is 130 cm³/mol. The second-order valence-electron chi connectivity index (χ2n) is 7.89. The summed E-state index contributed by atoms with van der Waals surface area (Å²) in [5, 5.41) is 13.8. The van der Waals surface area contributed by atoms with Gasteiger partial charge in [-0.25, -0.2) is 13.4 Å². The molecule has 1 N–H and O–H groups in total. The maximum atomic E-state index is 13.3. The van der Waals surface area contributed by atoms with Crippen molar-refractivity contribution in [3.63, 3.8) is 0 Å². The Morgan fingerprint density at radius 3 is 2.36 bits per heavy atom. The standard InChI is InChI=1S/C25H18N4O3S/c1-28(30)25-18-11-6-5-10-17(18)24-26-20-14-15-22(19-12-7-13-21(23(19)20)29(24)25)33(31,32)27-16-8-3-2-4-9-16/h2-15,27H,1H3/b28-25+. The zero-order valence-corrected chi connectivity index (χ0v) is 18.4. The Morgan fingerprint density at radius 2 is 1.61 bits per heavy atom. The molecule has 0 spiro atoms. The van der Waals surface area contributed by atoms with Gasteiger partial charge in [-0.05, 0) is 42.5 Å². The van der Waals surface area contributed by atoms with Crippen LogP contribution in [0.5, 0.6) is 0 Å². The third-order valence-electron chi connectivity index (χ3n) is 5.87. The summed E-state index contributed by atoms with van der Waals surface area (Å²) in [5.74, 6) is 1.11. The summed E-state index contributed by atoms with van der Waals surface area (Å²) in [6.07, 6.45) is 0. The van der Waals surface area contributed by atoms with Crippen molar-refractivity contribution in [2.75, 3.05) is 16.7 Å². The van der Waals surface area contributed by atoms with Crippen LogP contribution in [0.25, 0.3) is 10.8 Å². The number of aliphatic imine (C=N–C) groups is 1. The van der Waals surface area contributed by atoms with Gasteiger partial charge in [0.25, 0.3) is 15.9 Å². The lowest BCUT2D eigenvalue weighted by Crippen LogP contribution is -2.36. The van der Waals surface area contributed by atoms with Crippen LogP contribution >= 0.6 is 0 Å². The first-order valence-corrected chi connectivity index (χ1v) is 11.8. The number of fused-ring (bicyclic) bond motifs is 4. The lowest BCUT2D eigenvalue weighted by molar-refractivity contribution is -0.422. The van der Waals surface area contributed by atoms with Crippen molar-refractivity contribution in [1.29, 1.82) is 0 Å². The van der Waals surface area contributed by atoms with Gasteiger partial charge in [0.05, 0.1) is 34.1 Å². The topological polar surface area (TPSA) is 87.8 Å². The third-order valence-corrected chi connectivity index (χ3v) is 7.31. The Hall–Kier alpha value is -4.17. The SMILES string of the molecule is C/[N+]([O-])=C1/c2ccccc2C2=Nc3ccc(S(=O)(=O)Nc4ccccc4)c4cccc(c34)N21. The van der Waals surface area contributed by atoms with Gasteiger partial charge < -0.3 is 5.21 Å². The number of para-hydroxylation sites is 1. The molecule has 7 nitrogen and oxygen atoms in total. The summed E-state index contributed by atoms with van der Waals surface area (Å²) in [6, 6.07) is 25.2. The molecule has 0 unspecified atom stereocenters. The number of nitrogens with zero attached hydrogens (tertiary/aromatic N) is 3. The van der Waals surface area contributed by atoms with Crippen molar-refractivity contribution < 1.29 is 13.2 Å². The fourth-order valence-corrected chi connectivity index (χ4v) is 5.81. The highest BCUT2D eigenvalue weighted by molar-refractivity contribution is 7.93. The first-order valence-electron chi connectivity index (χ1n) is 10.4. The second kappa shape index (κ2) is 6.91. The highest BCUT2D eigenvalue weighted by Crippen LogP contribution is 2.45. The van der Waals surface area contributed by atoms with Crippen LogP contribution in [0.3, 0.4) is 0 Å². The number of hydrogen-bond donors (Lipinski definition) is 1. The summed E-state index contributed by atoms with van der Waals surface area (Å²) in [4.78, 5) is 6.81. The fourth-order valence-electron chi connectivity index (χ4n) is 4.55. The molecule has 0 saturated heterocycles. The molecule has 162 valence electrons. The number of hydroxylamine groups is 1. The van der Waals surface area contributed by atoms with Crippen molar-refractivity contribution >= 4 is 49.5 Å². The van der Waals surface area contributed by atoms with E-state index in [1.165, 1.54) is 7.05 Å². The molecular weight excluding hydrogens is 436 g/mol. The van der Waals surface area contributed by atoms with E-state index in [0.29, 0.717) is 33.8 Å². The molecule has 0 atom stereocenters. The molecule has 33 heavy (non-hydrogen) atoms. The molecule has 0 amide bonds. The van der Waals surface area contributed by atoms with E-state index in [4.69, 9.17) is 4.99 Å². The van der Waals surface area contributed by atoms with Crippen LogP contribution < -0.4 is 9.62 Å². The monoisotopic (exact) mass is 454 g/mol. The van der Waals surface area contributed by atoms with Gasteiger partial charge in [-0.2, -0.15) is 4.90 Å². The molecule has 0 saturated carbocycles. The summed E-state index contributed by atoms with van der Waals surface area (Å²) in [6.45, 7) is 0. The van der Waals surface area contributed by atoms with Crippen LogP contribution in [-0.4, -0.2) is 31.9 Å². The van der Waals surface area contributed by atoms with Gasteiger partial charge in [0.2, 0.25) is 5.84 Å². The Balaban J connectivity index is 1.59. The normalized spacial score (nSPS) is 15.7. The zero-order valence-electron chi connectivity index (χ0n) is 17.6. The molecule has 0 bridgehead atoms. The molecule has 0 radical (unpaired) electrons. The van der Waals surface area contributed by atoms with Crippen LogP contribution in [0.2, 0.25) is 0 Å². The van der Waals surface area contributed by atoms with E-state index >= 15 is 0 Å². The van der Waals surface area contributed by atoms with E-state index in [0.717, 1.165) is 21.6 Å². The molecule has 0 aromatic heterocycles. The number of amidine groups is 2. The average Bonchev–Trinajstić information content (AvgIpc) is 3.14. The van der Waals surface area contributed by atoms with E-state index in [9.17, 15) is 13.6 Å². The number of anilines is 2. The summed E-state index contributed by atoms with van der Waals surface area (Å²) >= 11 is 0. The van der Waals surface area contributed by atoms with Crippen molar-refractivity contribution in [3.05, 3.63) is 101 Å². The summed E-state index contributed by atoms with van der Waals surface area (Å²) < 4.78 is 30.1. The van der Waals surface area contributed by atoms with Crippen LogP contribution in [-0.2, 0) is 10.0 Å². The summed E-state index contributed by atoms with van der Waals surface area (Å²) in [7, 11) is -2.41. The van der Waals surface area contributed by atoms with Gasteiger partial charge >= 0.3 is 0 Å². The minimum atomic E-state index is -3.86. The average molecular weight is 455 g/mol. The minimum absolute atomic E-state index is 0.152. The van der Waals surface area contributed by atoms with Crippen molar-refractivity contribution in [3.8, 4) is 0 Å². The number of hydrogen-bond acceptors (Lipinski definition) is 4. The Labute approximate surface area is 190 Å². The number of benzene rings is 4. The molecule has 6 rings (SSSR count). The largest absolute Gasteiger partial charge is 0.715 e. The van der Waals surface area contributed by atoms with E-state index < -0.39 is 10.0 Å². The molecule has 4 aromatic rings. The number of sulfonamides is 1. The van der Waals surface area contributed by atoms with Crippen LogP contribution in [0.1, 0.15) is 11.1 Å². The van der Waals surface area contributed by atoms with Crippen LogP contribution in [0.15, 0.2) is 94.8 Å². The Morgan fingerprint density at radius 1 is 0.879 bits per heavy atom. The number of rotatable bonds is 3. The summed E-state index contributed by atoms with van der Waals surface area (Å²) in [5.41, 5.74) is 3.52. The molecule has 2 heterocycles. The lowest BCUT2D eigenvalue weighted by Gasteiger charge is -2.23. The molecule has 8 heteroatoms. The van der Waals surface area contributed by atoms with Crippen molar-refractivity contribution in [1.82, 2.24) is 0 Å². The van der Waals surface area contributed by atoms with Gasteiger partial charge in [0.1, 0.15) is 5.69 Å². The second-order valence-corrected chi connectivity index (χ2v) is 9.54. The highest BCUT2D eigenvalue weighted by atomic mass is 32.2. The van der Waals surface area contributed by atoms with E-state index in [1.807, 2.05) is 41.3 Å². The Bertz CT molecular complexity index is 1620. The number of nitrogens with one attached hydrogen (secondary N) is 1. The van der Waals surface area contributed by atoms with Crippen LogP contribution in [0, 0.1) is 5.21 Å². The van der Waals surface area contributed by atoms with E-state index in [1.54, 1.807) is 48.5 Å². The van der Waals surface area contributed by atoms with Gasteiger partial charge in [-0.3, -0.25) is 9.46 Å². The lowest BCUT2D eigenvalue weighted by atomic mass is 10.0. The minimum Gasteiger partial charge on any atom is -0.715 e. The van der Waals surface area contributed by atoms with Crippen molar-refractivity contribution in [2.45, 2.75) is 4.90 Å². The first kappa shape index (κ1) is 19.5. The molecule has 0 aliphatic carbocycles. The molecule has 2 aliphatic rings. The maximum absolute atomic E-state index is 13.3. The van der Waals surface area contributed by atoms with E-state index in [-0.39, 0.29) is 4.90 Å². The van der Waals surface area contributed by atoms with E-state index in [2.05, 4.69) is 4.72 Å². The first-order chi connectivity index (χ1) is 16.0. The van der Waals surface area contributed by atoms with Crippen molar-refractivity contribution in [2.24, 2.45) is 4.99 Å². The molecule has 2 aliphatic heterocycles. The molecular formula is C25H18N4O3S. The Kier molecular flexibility index (Phi) is 4.09.